The van der Waals surface area contributed by atoms with Gasteiger partial charge in [0.15, 0.2) is 5.78 Å². The SMILES string of the molecule is C[C@H]1CC(=O)[C@@H](C)[NH+](C)C1. The smallest absolute Gasteiger partial charge is 0.190 e. The molecule has 0 aromatic heterocycles. The molecular weight excluding hydrogens is 126 g/mol. The van der Waals surface area contributed by atoms with E-state index in [2.05, 4.69) is 14.0 Å². The molecule has 0 aromatic rings. The van der Waals surface area contributed by atoms with E-state index in [-0.39, 0.29) is 6.04 Å². The molecule has 1 rings (SSSR count). The third-order valence-corrected chi connectivity index (χ3v) is 2.44. The molecule has 1 heterocycles. The van der Waals surface area contributed by atoms with Crippen LogP contribution in [0.15, 0.2) is 0 Å². The third kappa shape index (κ3) is 1.37. The zero-order valence-corrected chi connectivity index (χ0v) is 6.98. The van der Waals surface area contributed by atoms with Gasteiger partial charge >= 0.3 is 0 Å². The molecule has 2 nitrogen and oxygen atoms in total. The number of Topliss-reactive ketones (excluding diaryl/α,β-unsaturated/α-hetero) is 1. The van der Waals surface area contributed by atoms with Crippen LogP contribution in [0.5, 0.6) is 0 Å². The van der Waals surface area contributed by atoms with Gasteiger partial charge in [-0.3, -0.25) is 4.79 Å². The van der Waals surface area contributed by atoms with Crippen molar-refractivity contribution in [2.75, 3.05) is 13.6 Å². The molecule has 1 saturated heterocycles. The highest BCUT2D eigenvalue weighted by atomic mass is 16.1. The van der Waals surface area contributed by atoms with Crippen LogP contribution >= 0.6 is 0 Å². The lowest BCUT2D eigenvalue weighted by Gasteiger charge is -2.28. The van der Waals surface area contributed by atoms with Crippen LogP contribution in [0.4, 0.5) is 0 Å². The van der Waals surface area contributed by atoms with Crippen molar-refractivity contribution in [1.82, 2.24) is 0 Å². The Bertz CT molecular complexity index is 144. The van der Waals surface area contributed by atoms with E-state index in [1.54, 1.807) is 0 Å². The number of carbonyl (C=O) groups excluding carboxylic acids is 1. The van der Waals surface area contributed by atoms with Gasteiger partial charge in [-0.2, -0.15) is 0 Å². The van der Waals surface area contributed by atoms with Gasteiger partial charge in [0.1, 0.15) is 6.04 Å². The average Bonchev–Trinajstić information content (AvgIpc) is 1.82. The zero-order valence-electron chi connectivity index (χ0n) is 6.98. The maximum atomic E-state index is 11.2. The average molecular weight is 142 g/mol. The Morgan fingerprint density at radius 3 is 2.60 bits per heavy atom. The highest BCUT2D eigenvalue weighted by Crippen LogP contribution is 2.05. The molecule has 10 heavy (non-hydrogen) atoms. The Balaban J connectivity index is 2.57. The number of ketones is 1. The van der Waals surface area contributed by atoms with Crippen molar-refractivity contribution in [1.29, 1.82) is 0 Å². The first-order valence-corrected chi connectivity index (χ1v) is 3.96. The number of piperidine rings is 1. The summed E-state index contributed by atoms with van der Waals surface area (Å²) in [5, 5.41) is 0. The van der Waals surface area contributed by atoms with Crippen LogP contribution in [-0.4, -0.2) is 25.4 Å². The van der Waals surface area contributed by atoms with Crippen LogP contribution in [0.25, 0.3) is 0 Å². The summed E-state index contributed by atoms with van der Waals surface area (Å²) >= 11 is 0. The molecule has 0 bridgehead atoms. The van der Waals surface area contributed by atoms with Crippen LogP contribution in [0.2, 0.25) is 0 Å². The first-order chi connectivity index (χ1) is 4.61. The fraction of sp³-hybridized carbons (Fsp3) is 0.875. The minimum absolute atomic E-state index is 0.233. The number of likely N-dealkylation sites (N-methyl/N-ethyl adjacent to an activating group) is 1. The highest BCUT2D eigenvalue weighted by molar-refractivity contribution is 5.82. The quantitative estimate of drug-likeness (QED) is 0.484. The standard InChI is InChI=1S/C8H15NO/c1-6-4-8(10)7(2)9(3)5-6/h6-7H,4-5H2,1-3H3/p+1/t6-,7+/m0/s1. The van der Waals surface area contributed by atoms with Crippen molar-refractivity contribution in [3.05, 3.63) is 0 Å². The highest BCUT2D eigenvalue weighted by Gasteiger charge is 2.30. The monoisotopic (exact) mass is 142 g/mol. The van der Waals surface area contributed by atoms with Gasteiger partial charge in [-0.05, 0) is 6.92 Å². The summed E-state index contributed by atoms with van der Waals surface area (Å²) in [6.07, 6.45) is 0.790. The van der Waals surface area contributed by atoms with Gasteiger partial charge in [0, 0.05) is 12.3 Å². The molecule has 1 aliphatic rings. The van der Waals surface area contributed by atoms with Gasteiger partial charge in [0.25, 0.3) is 0 Å². The van der Waals surface area contributed by atoms with Crippen molar-refractivity contribution in [2.24, 2.45) is 5.92 Å². The molecule has 0 aliphatic carbocycles. The second-order valence-corrected chi connectivity index (χ2v) is 3.55. The van der Waals surface area contributed by atoms with Gasteiger partial charge in [0.2, 0.25) is 0 Å². The second kappa shape index (κ2) is 2.70. The minimum Gasteiger partial charge on any atom is -0.329 e. The van der Waals surface area contributed by atoms with E-state index >= 15 is 0 Å². The number of hydrogen-bond donors (Lipinski definition) is 1. The molecule has 0 spiro atoms. The predicted molar refractivity (Wildman–Crippen MR) is 40.0 cm³/mol. The number of likely N-dealkylation sites (tertiary alicyclic amines) is 1. The van der Waals surface area contributed by atoms with Crippen molar-refractivity contribution >= 4 is 5.78 Å². The van der Waals surface area contributed by atoms with E-state index in [4.69, 9.17) is 0 Å². The molecule has 1 unspecified atom stereocenters. The molecule has 1 N–H and O–H groups in total. The Kier molecular flexibility index (Phi) is 2.09. The van der Waals surface area contributed by atoms with E-state index in [0.717, 1.165) is 13.0 Å². The van der Waals surface area contributed by atoms with Crippen molar-refractivity contribution in [3.63, 3.8) is 0 Å². The predicted octanol–water partition coefficient (Wildman–Crippen LogP) is -0.501. The van der Waals surface area contributed by atoms with Crippen molar-refractivity contribution in [3.8, 4) is 0 Å². The topological polar surface area (TPSA) is 21.5 Å². The molecule has 1 aliphatic heterocycles. The summed E-state index contributed by atoms with van der Waals surface area (Å²) in [7, 11) is 2.10. The Labute approximate surface area is 62.2 Å². The van der Waals surface area contributed by atoms with E-state index in [1.165, 1.54) is 4.90 Å². The normalized spacial score (nSPS) is 41.9. The molecule has 1 fully saturated rings. The van der Waals surface area contributed by atoms with Gasteiger partial charge in [-0.25, -0.2) is 0 Å². The van der Waals surface area contributed by atoms with Crippen molar-refractivity contribution < 1.29 is 9.69 Å². The van der Waals surface area contributed by atoms with E-state index < -0.39 is 0 Å². The summed E-state index contributed by atoms with van der Waals surface area (Å²) in [6.45, 7) is 5.31. The van der Waals surface area contributed by atoms with Gasteiger partial charge in [-0.15, -0.1) is 0 Å². The first-order valence-electron chi connectivity index (χ1n) is 3.96. The molecule has 0 saturated carbocycles. The molecular formula is C8H16NO+. The van der Waals surface area contributed by atoms with E-state index in [1.807, 2.05) is 6.92 Å². The number of rotatable bonds is 0. The maximum absolute atomic E-state index is 11.2. The third-order valence-electron chi connectivity index (χ3n) is 2.44. The van der Waals surface area contributed by atoms with Crippen molar-refractivity contribution in [2.45, 2.75) is 26.3 Å². The number of hydrogen-bond acceptors (Lipinski definition) is 1. The molecule has 0 aromatic carbocycles. The molecule has 0 radical (unpaired) electrons. The van der Waals surface area contributed by atoms with E-state index in [0.29, 0.717) is 11.7 Å². The number of quaternary nitrogens is 1. The Morgan fingerprint density at radius 2 is 2.10 bits per heavy atom. The van der Waals surface area contributed by atoms with Gasteiger partial charge in [0.05, 0.1) is 13.6 Å². The van der Waals surface area contributed by atoms with Gasteiger partial charge < -0.3 is 4.90 Å². The lowest BCUT2D eigenvalue weighted by atomic mass is 9.94. The van der Waals surface area contributed by atoms with Crippen LogP contribution in [-0.2, 0) is 4.79 Å². The maximum Gasteiger partial charge on any atom is 0.190 e. The largest absolute Gasteiger partial charge is 0.329 e. The summed E-state index contributed by atoms with van der Waals surface area (Å²) in [5.74, 6) is 1.01. The van der Waals surface area contributed by atoms with Crippen LogP contribution in [0.1, 0.15) is 20.3 Å². The van der Waals surface area contributed by atoms with Gasteiger partial charge in [-0.1, -0.05) is 6.92 Å². The summed E-state index contributed by atoms with van der Waals surface area (Å²) in [6, 6.07) is 0.233. The molecule has 0 amide bonds. The fourth-order valence-corrected chi connectivity index (χ4v) is 1.59. The number of nitrogens with one attached hydrogen (secondary N) is 1. The summed E-state index contributed by atoms with van der Waals surface area (Å²) in [5.41, 5.74) is 0. The lowest BCUT2D eigenvalue weighted by molar-refractivity contribution is -0.900. The molecule has 2 heteroatoms. The second-order valence-electron chi connectivity index (χ2n) is 3.55. The zero-order chi connectivity index (χ0) is 7.72. The van der Waals surface area contributed by atoms with Crippen LogP contribution in [0.3, 0.4) is 0 Å². The van der Waals surface area contributed by atoms with Crippen LogP contribution < -0.4 is 4.90 Å². The Hall–Kier alpha value is -0.370. The van der Waals surface area contributed by atoms with E-state index in [9.17, 15) is 4.79 Å². The summed E-state index contributed by atoms with van der Waals surface area (Å²) < 4.78 is 0. The first kappa shape index (κ1) is 7.73. The molecule has 3 atom stereocenters. The van der Waals surface area contributed by atoms with Crippen LogP contribution in [0, 0.1) is 5.92 Å². The minimum atomic E-state index is 0.233. The molecule has 58 valence electrons. The Morgan fingerprint density at radius 1 is 1.50 bits per heavy atom. The summed E-state index contributed by atoms with van der Waals surface area (Å²) in [4.78, 5) is 12.6. The fourth-order valence-electron chi connectivity index (χ4n) is 1.59. The number of carbonyl (C=O) groups is 1. The lowest BCUT2D eigenvalue weighted by Crippen LogP contribution is -3.15.